The summed E-state index contributed by atoms with van der Waals surface area (Å²) in [6, 6.07) is 22.9. The molecule has 0 aliphatic carbocycles. The van der Waals surface area contributed by atoms with Gasteiger partial charge in [0.25, 0.3) is 5.91 Å². The Bertz CT molecular complexity index is 1940. The van der Waals surface area contributed by atoms with Gasteiger partial charge in [0.05, 0.1) is 29.7 Å². The molecule has 250 valence electrons. The molecule has 47 heavy (non-hydrogen) atoms. The molecule has 0 fully saturated rings. The maximum Gasteiger partial charge on any atom is 0.251 e. The molecule has 0 bridgehead atoms. The first kappa shape index (κ1) is 35.7. The maximum absolute atomic E-state index is 13.7. The van der Waals surface area contributed by atoms with E-state index in [1.807, 2.05) is 26.8 Å². The second-order valence-electron chi connectivity index (χ2n) is 12.5. The predicted molar refractivity (Wildman–Crippen MR) is 181 cm³/mol. The van der Waals surface area contributed by atoms with Crippen LogP contribution in [0.3, 0.4) is 0 Å². The van der Waals surface area contributed by atoms with E-state index in [0.717, 1.165) is 11.8 Å². The molecule has 0 saturated carbocycles. The van der Waals surface area contributed by atoms with E-state index >= 15 is 0 Å². The number of para-hydroxylation sites is 1. The zero-order chi connectivity index (χ0) is 34.4. The number of hydrogen-bond donors (Lipinski definition) is 4. The van der Waals surface area contributed by atoms with Crippen molar-refractivity contribution in [2.45, 2.75) is 62.4 Å². The Morgan fingerprint density at radius 1 is 0.830 bits per heavy atom. The molecule has 0 unspecified atom stereocenters. The van der Waals surface area contributed by atoms with E-state index in [2.05, 4.69) is 20.3 Å². The zero-order valence-corrected chi connectivity index (χ0v) is 28.3. The van der Waals surface area contributed by atoms with Gasteiger partial charge in [-0.15, -0.1) is 0 Å². The first-order valence-electron chi connectivity index (χ1n) is 15.0. The summed E-state index contributed by atoms with van der Waals surface area (Å²) in [7, 11) is -8.32. The van der Waals surface area contributed by atoms with E-state index in [1.54, 1.807) is 78.9 Å². The molecule has 4 N–H and O–H groups in total. The van der Waals surface area contributed by atoms with Crippen LogP contribution in [0.5, 0.6) is 0 Å². The summed E-state index contributed by atoms with van der Waals surface area (Å²) >= 11 is 0. The molecule has 1 heterocycles. The van der Waals surface area contributed by atoms with Crippen LogP contribution in [0.2, 0.25) is 0 Å². The molecule has 0 saturated heterocycles. The van der Waals surface area contributed by atoms with Crippen molar-refractivity contribution < 1.29 is 31.5 Å². The monoisotopic (exact) mass is 680 g/mol. The van der Waals surface area contributed by atoms with Crippen LogP contribution in [0.4, 0.5) is 0 Å². The van der Waals surface area contributed by atoms with Crippen molar-refractivity contribution in [2.24, 2.45) is 0 Å². The third kappa shape index (κ3) is 10.4. The number of nitrogens with zero attached hydrogens (tertiary/aromatic N) is 1. The van der Waals surface area contributed by atoms with Crippen LogP contribution in [0.1, 0.15) is 42.3 Å². The molecule has 0 aliphatic rings. The fraction of sp³-hybridized carbons (Fsp3) is 0.324. The number of nitrogens with one attached hydrogen (secondary N) is 3. The van der Waals surface area contributed by atoms with Crippen molar-refractivity contribution in [2.75, 3.05) is 12.0 Å². The third-order valence-electron chi connectivity index (χ3n) is 7.22. The number of hydrogen-bond acceptors (Lipinski definition) is 8. The molecule has 4 rings (SSSR count). The summed E-state index contributed by atoms with van der Waals surface area (Å²) in [6.07, 6.45) is -0.325. The predicted octanol–water partition coefficient (Wildman–Crippen LogP) is 2.79. The summed E-state index contributed by atoms with van der Waals surface area (Å²) in [5.41, 5.74) is 1.57. The number of aliphatic hydroxyl groups is 1. The maximum atomic E-state index is 13.7. The number of carbonyl (C=O) groups is 2. The number of benzene rings is 3. The van der Waals surface area contributed by atoms with Gasteiger partial charge in [0.1, 0.15) is 6.04 Å². The largest absolute Gasteiger partial charge is 0.391 e. The molecule has 0 spiro atoms. The fourth-order valence-corrected chi connectivity index (χ4v) is 7.25. The number of carbonyl (C=O) groups excluding carboxylic acids is 2. The van der Waals surface area contributed by atoms with Gasteiger partial charge in [-0.1, -0.05) is 66.7 Å². The van der Waals surface area contributed by atoms with Crippen LogP contribution >= 0.6 is 0 Å². The van der Waals surface area contributed by atoms with Crippen molar-refractivity contribution in [3.8, 4) is 0 Å². The van der Waals surface area contributed by atoms with E-state index in [1.165, 1.54) is 6.07 Å². The fourth-order valence-electron chi connectivity index (χ4n) is 5.08. The Kier molecular flexibility index (Phi) is 11.2. The van der Waals surface area contributed by atoms with Crippen LogP contribution < -0.4 is 15.4 Å². The van der Waals surface area contributed by atoms with Crippen molar-refractivity contribution >= 4 is 42.6 Å². The summed E-state index contributed by atoms with van der Waals surface area (Å²) in [5.74, 6) is -2.19. The Balaban J connectivity index is 1.62. The number of pyridine rings is 1. The van der Waals surface area contributed by atoms with Gasteiger partial charge < -0.3 is 15.7 Å². The minimum absolute atomic E-state index is 0.0327. The molecular formula is C34H40N4O7S2. The lowest BCUT2D eigenvalue weighted by Gasteiger charge is -2.28. The molecule has 3 aromatic carbocycles. The molecule has 4 aromatic rings. The Hall–Kier alpha value is -4.17. The number of aliphatic hydroxyl groups excluding tert-OH is 1. The molecule has 1 aromatic heterocycles. The number of fused-ring (bicyclic) bond motifs is 1. The van der Waals surface area contributed by atoms with Crippen molar-refractivity contribution in [1.29, 1.82) is 0 Å². The van der Waals surface area contributed by atoms with E-state index in [4.69, 9.17) is 0 Å². The van der Waals surface area contributed by atoms with Crippen LogP contribution in [-0.2, 0) is 37.5 Å². The van der Waals surface area contributed by atoms with E-state index in [9.17, 15) is 31.5 Å². The topological polar surface area (TPSA) is 172 Å². The van der Waals surface area contributed by atoms with Crippen LogP contribution in [0.15, 0.2) is 96.0 Å². The average molecular weight is 681 g/mol. The highest BCUT2D eigenvalue weighted by Gasteiger charge is 2.33. The highest BCUT2D eigenvalue weighted by Crippen LogP contribution is 2.19. The lowest BCUT2D eigenvalue weighted by molar-refractivity contribution is -0.123. The Morgan fingerprint density at radius 2 is 1.47 bits per heavy atom. The first-order chi connectivity index (χ1) is 22.0. The molecule has 2 amide bonds. The van der Waals surface area contributed by atoms with Gasteiger partial charge >= 0.3 is 0 Å². The number of aromatic nitrogens is 1. The standard InChI is InChI=1S/C34H40N4O7S2/c1-34(2,3)37-32(40)26-16-10-8-15-25(26)21-30(39)28(20-23-12-6-5-7-13-23)36-33(41)29(38-46(4,42)43)22-47(44,45)31-19-18-24-14-9-11-17-27(24)35-31/h5-19,28-30,38-39H,20-22H2,1-4H3,(H,36,41)(H,37,40)/t28-,29-,30+/m0/s1. The minimum atomic E-state index is -4.27. The van der Waals surface area contributed by atoms with E-state index < -0.39 is 55.2 Å². The van der Waals surface area contributed by atoms with Crippen molar-refractivity contribution in [3.05, 3.63) is 108 Å². The van der Waals surface area contributed by atoms with Crippen LogP contribution in [0, 0.1) is 0 Å². The van der Waals surface area contributed by atoms with Crippen LogP contribution in [0.25, 0.3) is 10.9 Å². The Labute approximate surface area is 275 Å². The zero-order valence-electron chi connectivity index (χ0n) is 26.7. The third-order valence-corrected chi connectivity index (χ3v) is 9.57. The number of amides is 2. The van der Waals surface area contributed by atoms with Gasteiger partial charge in [-0.05, 0) is 62.6 Å². The summed E-state index contributed by atoms with van der Waals surface area (Å²) < 4.78 is 53.7. The van der Waals surface area contributed by atoms with Crippen LogP contribution in [-0.4, -0.2) is 74.5 Å². The highest BCUT2D eigenvalue weighted by atomic mass is 32.2. The molecule has 3 atom stereocenters. The van der Waals surface area contributed by atoms with E-state index in [0.29, 0.717) is 22.0 Å². The first-order valence-corrected chi connectivity index (χ1v) is 18.5. The normalized spacial score (nSPS) is 14.2. The number of sulfonamides is 1. The second kappa shape index (κ2) is 14.7. The second-order valence-corrected chi connectivity index (χ2v) is 16.3. The SMILES string of the molecule is CC(C)(C)NC(=O)c1ccccc1C[C@@H](O)[C@H](Cc1ccccc1)NC(=O)[C@H](CS(=O)(=O)c1ccc2ccccc2n1)NS(C)(=O)=O. The van der Waals surface area contributed by atoms with Crippen molar-refractivity contribution in [1.82, 2.24) is 20.3 Å². The summed E-state index contributed by atoms with van der Waals surface area (Å²) in [4.78, 5) is 31.0. The van der Waals surface area contributed by atoms with Crippen molar-refractivity contribution in [3.63, 3.8) is 0 Å². The van der Waals surface area contributed by atoms with Gasteiger partial charge in [0, 0.05) is 22.9 Å². The van der Waals surface area contributed by atoms with Gasteiger partial charge in [-0.25, -0.2) is 26.5 Å². The van der Waals surface area contributed by atoms with Gasteiger partial charge in [0.2, 0.25) is 15.9 Å². The number of rotatable bonds is 13. The minimum Gasteiger partial charge on any atom is -0.391 e. The molecule has 11 nitrogen and oxygen atoms in total. The number of sulfone groups is 1. The van der Waals surface area contributed by atoms with E-state index in [-0.39, 0.29) is 23.8 Å². The molecule has 13 heteroatoms. The molecular weight excluding hydrogens is 641 g/mol. The Morgan fingerprint density at radius 3 is 2.15 bits per heavy atom. The average Bonchev–Trinajstić information content (AvgIpc) is 2.99. The van der Waals surface area contributed by atoms with Gasteiger partial charge in [0.15, 0.2) is 14.9 Å². The quantitative estimate of drug-likeness (QED) is 0.167. The van der Waals surface area contributed by atoms with Gasteiger partial charge in [-0.3, -0.25) is 9.59 Å². The molecule has 0 radical (unpaired) electrons. The summed E-state index contributed by atoms with van der Waals surface area (Å²) in [5, 5.41) is 17.5. The smallest absolute Gasteiger partial charge is 0.251 e. The lowest BCUT2D eigenvalue weighted by atomic mass is 9.93. The lowest BCUT2D eigenvalue weighted by Crippen LogP contribution is -2.55. The highest BCUT2D eigenvalue weighted by molar-refractivity contribution is 7.91. The molecule has 0 aliphatic heterocycles. The van der Waals surface area contributed by atoms with Gasteiger partial charge in [-0.2, -0.15) is 0 Å². The summed E-state index contributed by atoms with van der Waals surface area (Å²) in [6.45, 7) is 5.56.